The molecule has 5 rings (SSSR count). The van der Waals surface area contributed by atoms with E-state index in [-0.39, 0.29) is 0 Å². The minimum Gasteiger partial charge on any atom is -0.454 e. The molecule has 0 unspecified atom stereocenters. The van der Waals surface area contributed by atoms with Crippen LogP contribution in [0.3, 0.4) is 0 Å². The molecule has 0 bridgehead atoms. The maximum Gasteiger partial charge on any atom is 0.231 e. The van der Waals surface area contributed by atoms with Gasteiger partial charge < -0.3 is 14.8 Å². The van der Waals surface area contributed by atoms with Crippen molar-refractivity contribution in [2.24, 2.45) is 0 Å². The first-order valence-electron chi connectivity index (χ1n) is 6.99. The van der Waals surface area contributed by atoms with Crippen LogP contribution in [-0.4, -0.2) is 22.7 Å². The van der Waals surface area contributed by atoms with E-state index in [0.29, 0.717) is 6.79 Å². The van der Waals surface area contributed by atoms with E-state index in [0.717, 1.165) is 47.2 Å². The smallest absolute Gasteiger partial charge is 0.231 e. The summed E-state index contributed by atoms with van der Waals surface area (Å²) in [4.78, 5) is 7.24. The zero-order chi connectivity index (χ0) is 13.8. The summed E-state index contributed by atoms with van der Waals surface area (Å²) in [5.41, 5.74) is 3.45. The predicted octanol–water partition coefficient (Wildman–Crippen LogP) is 2.44. The Kier molecular flexibility index (Phi) is 2.33. The summed E-state index contributed by atoms with van der Waals surface area (Å²) in [6, 6.07) is 5.99. The van der Waals surface area contributed by atoms with Crippen molar-refractivity contribution < 1.29 is 9.47 Å². The molecule has 0 saturated heterocycles. The summed E-state index contributed by atoms with van der Waals surface area (Å²) in [6.45, 7) is 2.30. The quantitative estimate of drug-likeness (QED) is 0.750. The summed E-state index contributed by atoms with van der Waals surface area (Å²) < 4.78 is 13.0. The number of imidazole rings is 1. The highest BCUT2D eigenvalue weighted by Gasteiger charge is 2.19. The monoisotopic (exact) mass is 299 g/mol. The molecule has 0 aliphatic carbocycles. The highest BCUT2D eigenvalue weighted by molar-refractivity contribution is 7.17. The minimum absolute atomic E-state index is 0.303. The first-order valence-corrected chi connectivity index (χ1v) is 7.80. The molecule has 0 spiro atoms. The number of thiazole rings is 1. The van der Waals surface area contributed by atoms with Crippen molar-refractivity contribution in [2.75, 3.05) is 13.3 Å². The van der Waals surface area contributed by atoms with Gasteiger partial charge in [-0.15, -0.1) is 0 Å². The molecule has 0 radical (unpaired) electrons. The van der Waals surface area contributed by atoms with Gasteiger partial charge in [0.15, 0.2) is 16.5 Å². The first-order chi connectivity index (χ1) is 10.4. The van der Waals surface area contributed by atoms with E-state index in [1.54, 1.807) is 11.3 Å². The number of hydrogen-bond acceptors (Lipinski definition) is 5. The second-order valence-corrected chi connectivity index (χ2v) is 6.31. The van der Waals surface area contributed by atoms with Crippen LogP contribution in [0.2, 0.25) is 0 Å². The van der Waals surface area contributed by atoms with Crippen LogP contribution in [0.15, 0.2) is 24.4 Å². The van der Waals surface area contributed by atoms with Gasteiger partial charge in [0.25, 0.3) is 0 Å². The Balaban J connectivity index is 1.63. The molecule has 2 aliphatic heterocycles. The van der Waals surface area contributed by atoms with Crippen molar-refractivity contribution in [3.63, 3.8) is 0 Å². The highest BCUT2D eigenvalue weighted by Crippen LogP contribution is 2.36. The van der Waals surface area contributed by atoms with Gasteiger partial charge in [0.2, 0.25) is 6.79 Å². The van der Waals surface area contributed by atoms with E-state index < -0.39 is 0 Å². The van der Waals surface area contributed by atoms with Crippen molar-refractivity contribution in [3.05, 3.63) is 35.0 Å². The lowest BCUT2D eigenvalue weighted by Gasteiger charge is -2.11. The van der Waals surface area contributed by atoms with Crippen LogP contribution in [0.4, 0.5) is 0 Å². The van der Waals surface area contributed by atoms with E-state index in [2.05, 4.69) is 15.9 Å². The zero-order valence-corrected chi connectivity index (χ0v) is 12.1. The van der Waals surface area contributed by atoms with Gasteiger partial charge in [-0.25, -0.2) is 4.98 Å². The fourth-order valence-electron chi connectivity index (χ4n) is 2.93. The molecule has 0 amide bonds. The average molecular weight is 299 g/mol. The fraction of sp³-hybridized carbons (Fsp3) is 0.267. The molecule has 0 saturated carbocycles. The molecule has 3 aromatic rings. The Hall–Kier alpha value is -2.05. The maximum absolute atomic E-state index is 5.44. The van der Waals surface area contributed by atoms with Gasteiger partial charge in [0, 0.05) is 41.8 Å². The number of benzene rings is 1. The van der Waals surface area contributed by atoms with E-state index >= 15 is 0 Å². The van der Waals surface area contributed by atoms with Gasteiger partial charge in [-0.2, -0.15) is 0 Å². The van der Waals surface area contributed by atoms with Crippen molar-refractivity contribution in [1.82, 2.24) is 14.7 Å². The van der Waals surface area contributed by atoms with Gasteiger partial charge in [-0.1, -0.05) is 11.3 Å². The summed E-state index contributed by atoms with van der Waals surface area (Å²) in [6.07, 6.45) is 3.19. The number of nitrogens with zero attached hydrogens (tertiary/aromatic N) is 2. The molecule has 2 aliphatic rings. The molecule has 106 valence electrons. The average Bonchev–Trinajstić information content (AvgIpc) is 3.19. The Morgan fingerprint density at radius 1 is 1.24 bits per heavy atom. The number of nitrogens with one attached hydrogen (secondary N) is 1. The second kappa shape index (κ2) is 4.22. The standard InChI is InChI=1S/C15H13N3O2S/c1-2-12-13(20-8-19-12)5-9(1)10-7-18-11-3-4-16-6-14(11)21-15(18)17-10/h1-2,5,7,16H,3-4,6,8H2. The van der Waals surface area contributed by atoms with Crippen LogP contribution in [-0.2, 0) is 13.0 Å². The minimum atomic E-state index is 0.303. The van der Waals surface area contributed by atoms with Crippen LogP contribution < -0.4 is 14.8 Å². The molecular formula is C15H13N3O2S. The molecule has 1 N–H and O–H groups in total. The molecule has 6 heteroatoms. The number of hydrogen-bond donors (Lipinski definition) is 1. The second-order valence-electron chi connectivity index (χ2n) is 5.25. The van der Waals surface area contributed by atoms with Gasteiger partial charge in [0.1, 0.15) is 0 Å². The van der Waals surface area contributed by atoms with Crippen LogP contribution in [0.5, 0.6) is 11.5 Å². The van der Waals surface area contributed by atoms with Crippen LogP contribution >= 0.6 is 11.3 Å². The molecule has 5 nitrogen and oxygen atoms in total. The predicted molar refractivity (Wildman–Crippen MR) is 80.0 cm³/mol. The Labute approximate surface area is 125 Å². The van der Waals surface area contributed by atoms with Crippen molar-refractivity contribution in [2.45, 2.75) is 13.0 Å². The summed E-state index contributed by atoms with van der Waals surface area (Å²) in [5, 5.41) is 3.41. The normalized spacial score (nSPS) is 16.4. The third kappa shape index (κ3) is 1.69. The topological polar surface area (TPSA) is 47.8 Å². The first kappa shape index (κ1) is 11.6. The summed E-state index contributed by atoms with van der Waals surface area (Å²) in [5.74, 6) is 1.61. The van der Waals surface area contributed by atoms with Gasteiger partial charge in [-0.05, 0) is 18.2 Å². The molecular weight excluding hydrogens is 286 g/mol. The molecule has 0 fully saturated rings. The summed E-state index contributed by atoms with van der Waals surface area (Å²) in [7, 11) is 0. The lowest BCUT2D eigenvalue weighted by atomic mass is 10.1. The lowest BCUT2D eigenvalue weighted by molar-refractivity contribution is 0.174. The van der Waals surface area contributed by atoms with Crippen LogP contribution in [0, 0.1) is 0 Å². The van der Waals surface area contributed by atoms with Crippen molar-refractivity contribution >= 4 is 16.3 Å². The number of rotatable bonds is 1. The van der Waals surface area contributed by atoms with Crippen LogP contribution in [0.1, 0.15) is 10.6 Å². The SMILES string of the molecule is c1cc2c(cc1-c1cn3c4c(sc3n1)CNCC4)OCO2. The highest BCUT2D eigenvalue weighted by atomic mass is 32.1. The van der Waals surface area contributed by atoms with E-state index in [1.165, 1.54) is 10.6 Å². The third-order valence-electron chi connectivity index (χ3n) is 3.99. The van der Waals surface area contributed by atoms with E-state index in [1.807, 2.05) is 18.2 Å². The lowest BCUT2D eigenvalue weighted by Crippen LogP contribution is -2.23. The van der Waals surface area contributed by atoms with Gasteiger partial charge in [0.05, 0.1) is 5.69 Å². The zero-order valence-electron chi connectivity index (χ0n) is 11.3. The number of fused-ring (bicyclic) bond motifs is 4. The summed E-state index contributed by atoms with van der Waals surface area (Å²) >= 11 is 1.77. The Bertz CT molecular complexity index is 852. The number of ether oxygens (including phenoxy) is 2. The van der Waals surface area contributed by atoms with Crippen LogP contribution in [0.25, 0.3) is 16.2 Å². The van der Waals surface area contributed by atoms with Gasteiger partial charge >= 0.3 is 0 Å². The third-order valence-corrected chi connectivity index (χ3v) is 5.09. The largest absolute Gasteiger partial charge is 0.454 e. The fourth-order valence-corrected chi connectivity index (χ4v) is 4.05. The van der Waals surface area contributed by atoms with E-state index in [9.17, 15) is 0 Å². The maximum atomic E-state index is 5.44. The van der Waals surface area contributed by atoms with Gasteiger partial charge in [-0.3, -0.25) is 4.40 Å². The molecule has 21 heavy (non-hydrogen) atoms. The molecule has 0 atom stereocenters. The Morgan fingerprint density at radius 2 is 2.19 bits per heavy atom. The van der Waals surface area contributed by atoms with Crippen molar-refractivity contribution in [3.8, 4) is 22.8 Å². The van der Waals surface area contributed by atoms with Crippen molar-refractivity contribution in [1.29, 1.82) is 0 Å². The Morgan fingerprint density at radius 3 is 3.19 bits per heavy atom. The van der Waals surface area contributed by atoms with E-state index in [4.69, 9.17) is 14.5 Å². The molecule has 1 aromatic carbocycles. The number of aromatic nitrogens is 2. The molecule has 4 heterocycles. The molecule has 2 aromatic heterocycles.